The van der Waals surface area contributed by atoms with Crippen LogP contribution in [0.5, 0.6) is 0 Å². The lowest BCUT2D eigenvalue weighted by Gasteiger charge is -2.62. The summed E-state index contributed by atoms with van der Waals surface area (Å²) in [5.41, 5.74) is 5.58. The lowest BCUT2D eigenvalue weighted by Crippen LogP contribution is -2.58. The molecular weight excluding hydrogens is 366 g/mol. The first kappa shape index (κ1) is 21.4. The molecule has 9 atom stereocenters. The Bertz CT molecular complexity index is 616. The van der Waals surface area contributed by atoms with E-state index in [2.05, 4.69) is 19.2 Å². The second-order valence-electron chi connectivity index (χ2n) is 10.9. The highest BCUT2D eigenvalue weighted by molar-refractivity contribution is 5.74. The predicted octanol–water partition coefficient (Wildman–Crippen LogP) is 2.62. The molecule has 0 aromatic carbocycles. The van der Waals surface area contributed by atoms with Gasteiger partial charge in [0, 0.05) is 13.2 Å². The zero-order valence-electron chi connectivity index (χ0n) is 18.2. The van der Waals surface area contributed by atoms with Gasteiger partial charge in [0.1, 0.15) is 0 Å². The van der Waals surface area contributed by atoms with Crippen LogP contribution in [0.25, 0.3) is 0 Å². The molecule has 29 heavy (non-hydrogen) atoms. The molecule has 6 N–H and O–H groups in total. The number of guanidine groups is 1. The molecule has 166 valence electrons. The van der Waals surface area contributed by atoms with Gasteiger partial charge in [-0.1, -0.05) is 13.8 Å². The van der Waals surface area contributed by atoms with Gasteiger partial charge < -0.3 is 26.0 Å². The second-order valence-corrected chi connectivity index (χ2v) is 10.9. The standard InChI is InChI=1S/C23H41N3O3/c1-22-8-6-14(29-11-3-10-26-21(24)25)12-18(22)19(27)13-15-16-4-5-20(28)23(16,2)9-7-17(15)22/h14-20,27-28H,3-13H2,1-2H3,(H4,24,25,26)/t14-,15-,16-,17-,18+,19+,20-,22+,23-/m0/s1. The van der Waals surface area contributed by atoms with Crippen molar-refractivity contribution in [2.24, 2.45) is 40.2 Å². The Morgan fingerprint density at radius 2 is 1.76 bits per heavy atom. The van der Waals surface area contributed by atoms with E-state index in [1.807, 2.05) is 0 Å². The molecule has 0 aromatic heterocycles. The minimum absolute atomic E-state index is 0.0108. The van der Waals surface area contributed by atoms with Crippen LogP contribution in [-0.4, -0.2) is 47.6 Å². The van der Waals surface area contributed by atoms with E-state index in [0.717, 1.165) is 51.4 Å². The van der Waals surface area contributed by atoms with Gasteiger partial charge in [0.2, 0.25) is 0 Å². The highest BCUT2D eigenvalue weighted by atomic mass is 16.5. The number of hydrogen-bond acceptors (Lipinski definition) is 4. The molecule has 0 bridgehead atoms. The van der Waals surface area contributed by atoms with E-state index in [4.69, 9.17) is 15.9 Å². The van der Waals surface area contributed by atoms with Crippen molar-refractivity contribution in [1.29, 1.82) is 5.41 Å². The number of aliphatic hydroxyl groups is 2. The Balaban J connectivity index is 1.38. The first-order valence-corrected chi connectivity index (χ1v) is 11.8. The smallest absolute Gasteiger partial charge is 0.185 e. The van der Waals surface area contributed by atoms with E-state index in [9.17, 15) is 10.2 Å². The van der Waals surface area contributed by atoms with E-state index in [-0.39, 0.29) is 35.1 Å². The van der Waals surface area contributed by atoms with Crippen LogP contribution in [0.1, 0.15) is 71.6 Å². The predicted molar refractivity (Wildman–Crippen MR) is 113 cm³/mol. The molecular formula is C23H41N3O3. The molecule has 4 aliphatic carbocycles. The maximum absolute atomic E-state index is 11.2. The lowest BCUT2D eigenvalue weighted by atomic mass is 9.44. The van der Waals surface area contributed by atoms with Crippen molar-refractivity contribution in [3.8, 4) is 0 Å². The Labute approximate surface area is 175 Å². The van der Waals surface area contributed by atoms with Gasteiger partial charge in [0.15, 0.2) is 5.96 Å². The first-order valence-electron chi connectivity index (χ1n) is 11.8. The molecule has 4 saturated carbocycles. The zero-order chi connectivity index (χ0) is 20.8. The summed E-state index contributed by atoms with van der Waals surface area (Å²) in [6, 6.07) is 0. The molecule has 0 amide bonds. The average Bonchev–Trinajstić information content (AvgIpc) is 2.97. The fourth-order valence-corrected chi connectivity index (χ4v) is 7.93. The Hall–Kier alpha value is -0.850. The third-order valence-electron chi connectivity index (χ3n) is 9.57. The lowest BCUT2D eigenvalue weighted by molar-refractivity contribution is -0.179. The normalized spacial score (nSPS) is 49.0. The molecule has 0 spiro atoms. The van der Waals surface area contributed by atoms with E-state index >= 15 is 0 Å². The summed E-state index contributed by atoms with van der Waals surface area (Å²) >= 11 is 0. The number of rotatable bonds is 5. The summed E-state index contributed by atoms with van der Waals surface area (Å²) in [5.74, 6) is 2.16. The van der Waals surface area contributed by atoms with Crippen LogP contribution >= 0.6 is 0 Å². The fourth-order valence-electron chi connectivity index (χ4n) is 7.93. The summed E-state index contributed by atoms with van der Waals surface area (Å²) in [5, 5.41) is 31.8. The number of hydrogen-bond donors (Lipinski definition) is 5. The van der Waals surface area contributed by atoms with Crippen LogP contribution in [0.15, 0.2) is 0 Å². The van der Waals surface area contributed by atoms with Crippen molar-refractivity contribution in [2.45, 2.75) is 89.9 Å². The first-order chi connectivity index (χ1) is 13.8. The van der Waals surface area contributed by atoms with Crippen LogP contribution in [0.3, 0.4) is 0 Å². The maximum Gasteiger partial charge on any atom is 0.185 e. The van der Waals surface area contributed by atoms with Crippen molar-refractivity contribution in [2.75, 3.05) is 13.2 Å². The largest absolute Gasteiger partial charge is 0.393 e. The van der Waals surface area contributed by atoms with Crippen molar-refractivity contribution in [1.82, 2.24) is 5.32 Å². The number of fused-ring (bicyclic) bond motifs is 5. The van der Waals surface area contributed by atoms with Crippen molar-refractivity contribution >= 4 is 5.96 Å². The summed E-state index contributed by atoms with van der Waals surface area (Å²) in [6.07, 6.45) is 9.18. The van der Waals surface area contributed by atoms with Gasteiger partial charge in [0.25, 0.3) is 0 Å². The SMILES string of the molecule is C[C@]12CC[C@H](OCCCNC(=N)N)C[C@@H]1[C@H](O)C[C@@H]1[C@@H]2CC[C@]2(C)[C@@H](O)CC[C@@H]12. The number of aliphatic hydroxyl groups excluding tert-OH is 2. The van der Waals surface area contributed by atoms with E-state index in [1.165, 1.54) is 6.42 Å². The number of nitrogens with one attached hydrogen (secondary N) is 2. The number of ether oxygens (including phenoxy) is 1. The van der Waals surface area contributed by atoms with Crippen molar-refractivity contribution in [3.63, 3.8) is 0 Å². The topological polar surface area (TPSA) is 112 Å². The fraction of sp³-hybridized carbons (Fsp3) is 0.957. The van der Waals surface area contributed by atoms with Crippen molar-refractivity contribution in [3.05, 3.63) is 0 Å². The number of nitrogens with two attached hydrogens (primary N) is 1. The summed E-state index contributed by atoms with van der Waals surface area (Å²) in [7, 11) is 0. The molecule has 6 nitrogen and oxygen atoms in total. The molecule has 4 fully saturated rings. The van der Waals surface area contributed by atoms with Crippen LogP contribution in [0.4, 0.5) is 0 Å². The minimum atomic E-state index is -0.243. The Morgan fingerprint density at radius 3 is 2.52 bits per heavy atom. The highest BCUT2D eigenvalue weighted by Gasteiger charge is 2.62. The molecule has 4 aliphatic rings. The second kappa shape index (κ2) is 8.01. The van der Waals surface area contributed by atoms with E-state index < -0.39 is 0 Å². The zero-order valence-corrected chi connectivity index (χ0v) is 18.2. The van der Waals surface area contributed by atoms with Gasteiger partial charge >= 0.3 is 0 Å². The van der Waals surface area contributed by atoms with Crippen LogP contribution in [-0.2, 0) is 4.74 Å². The Morgan fingerprint density at radius 1 is 1.03 bits per heavy atom. The molecule has 0 aliphatic heterocycles. The molecule has 0 heterocycles. The van der Waals surface area contributed by atoms with Gasteiger partial charge in [-0.3, -0.25) is 5.41 Å². The molecule has 4 rings (SSSR count). The monoisotopic (exact) mass is 407 g/mol. The van der Waals surface area contributed by atoms with Gasteiger partial charge in [0.05, 0.1) is 18.3 Å². The average molecular weight is 408 g/mol. The summed E-state index contributed by atoms with van der Waals surface area (Å²) in [4.78, 5) is 0. The third-order valence-corrected chi connectivity index (χ3v) is 9.57. The van der Waals surface area contributed by atoms with Crippen LogP contribution in [0.2, 0.25) is 0 Å². The van der Waals surface area contributed by atoms with Crippen LogP contribution in [0, 0.1) is 39.9 Å². The van der Waals surface area contributed by atoms with E-state index in [0.29, 0.717) is 36.8 Å². The summed E-state index contributed by atoms with van der Waals surface area (Å²) in [6.45, 7) is 6.09. The third kappa shape index (κ3) is 3.70. The summed E-state index contributed by atoms with van der Waals surface area (Å²) < 4.78 is 6.15. The van der Waals surface area contributed by atoms with Gasteiger partial charge in [-0.25, -0.2) is 0 Å². The van der Waals surface area contributed by atoms with Gasteiger partial charge in [-0.15, -0.1) is 0 Å². The van der Waals surface area contributed by atoms with Crippen molar-refractivity contribution < 1.29 is 14.9 Å². The molecule has 6 heteroatoms. The Kier molecular flexibility index (Phi) is 5.91. The minimum Gasteiger partial charge on any atom is -0.393 e. The molecule has 0 saturated heterocycles. The molecule has 0 aromatic rings. The quantitative estimate of drug-likeness (QED) is 0.273. The van der Waals surface area contributed by atoms with E-state index in [1.54, 1.807) is 0 Å². The molecule has 0 unspecified atom stereocenters. The molecule has 0 radical (unpaired) electrons. The maximum atomic E-state index is 11.2. The van der Waals surface area contributed by atoms with Gasteiger partial charge in [-0.2, -0.15) is 0 Å². The van der Waals surface area contributed by atoms with Gasteiger partial charge in [-0.05, 0) is 92.3 Å². The highest BCUT2D eigenvalue weighted by Crippen LogP contribution is 2.66. The van der Waals surface area contributed by atoms with Crippen LogP contribution < -0.4 is 11.1 Å².